The summed E-state index contributed by atoms with van der Waals surface area (Å²) in [5, 5.41) is 1.57. The molecule has 0 saturated heterocycles. The predicted octanol–water partition coefficient (Wildman–Crippen LogP) is 13.4. The minimum Gasteiger partial charge on any atom is -0.486 e. The number of hydrogen-bond acceptors (Lipinski definition) is 4. The maximum absolute atomic E-state index is 8.56. The Kier molecular flexibility index (Phi) is 10.5. The number of fused-ring (bicyclic) bond motifs is 3. The van der Waals surface area contributed by atoms with Crippen molar-refractivity contribution in [2.45, 2.75) is 80.5 Å². The van der Waals surface area contributed by atoms with Crippen molar-refractivity contribution >= 4 is 22.1 Å². The fraction of sp³-hybridized carbons (Fsp3) is 0.250. The first-order valence-electron chi connectivity index (χ1n) is 21.5. The molecule has 0 aliphatic carbocycles. The fourth-order valence-corrected chi connectivity index (χ4v) is 6.96. The van der Waals surface area contributed by atoms with Crippen LogP contribution in [0.4, 0.5) is 0 Å². The summed E-state index contributed by atoms with van der Waals surface area (Å²) in [5.74, 6) is 0. The second-order valence-corrected chi connectivity index (χ2v) is 16.3. The molecule has 0 saturated carbocycles. The molecule has 0 unspecified atom stereocenters. The zero-order valence-corrected chi connectivity index (χ0v) is 36.2. The van der Waals surface area contributed by atoms with Crippen LogP contribution < -0.4 is 0 Å². The van der Waals surface area contributed by atoms with Crippen molar-refractivity contribution in [3.63, 3.8) is 0 Å². The summed E-state index contributed by atoms with van der Waals surface area (Å²) in [4.78, 5) is 13.4. The second-order valence-electron chi connectivity index (χ2n) is 16.3. The van der Waals surface area contributed by atoms with Crippen LogP contribution in [0.15, 0.2) is 126 Å². The number of aromatic nitrogens is 3. The predicted molar refractivity (Wildman–Crippen MR) is 233 cm³/mol. The quantitative estimate of drug-likeness (QED) is 0.149. The van der Waals surface area contributed by atoms with Gasteiger partial charge in [-0.3, -0.25) is 0 Å². The van der Waals surface area contributed by atoms with Crippen molar-refractivity contribution in [2.75, 3.05) is 0 Å². The van der Waals surface area contributed by atoms with Gasteiger partial charge in [-0.25, -0.2) is 4.98 Å². The fourth-order valence-electron chi connectivity index (χ4n) is 6.96. The van der Waals surface area contributed by atoms with E-state index in [-0.39, 0.29) is 36.9 Å². The van der Waals surface area contributed by atoms with Gasteiger partial charge in [0.25, 0.3) is 0 Å². The Labute approximate surface area is 359 Å². The van der Waals surface area contributed by atoms with E-state index in [2.05, 4.69) is 104 Å². The molecule has 291 valence electrons. The minimum atomic E-state index is -2.32. The molecule has 4 aromatic carbocycles. The van der Waals surface area contributed by atoms with Gasteiger partial charge in [0.2, 0.25) is 5.71 Å². The molecule has 8 aromatic rings. The van der Waals surface area contributed by atoms with E-state index in [4.69, 9.17) is 11.3 Å². The van der Waals surface area contributed by atoms with Crippen molar-refractivity contribution < 1.29 is 31.4 Å². The van der Waals surface area contributed by atoms with Gasteiger partial charge in [-0.1, -0.05) is 130 Å². The SMILES string of the molecule is Cc1cnc(-c2[c-]cc(C)c(-c3ccccc3)c2)cc1C.[2H]C([2H])([2H])c1ccc2c(n1)oc1c(-c3cc(C(C)(C)Cc4ccc(C([2H])([2H])C(C)(C)C)cc4)ccn3)[c-]ccc12.[Ir]. The number of aryl methyl sites for hydroxylation is 4. The molecule has 0 atom stereocenters. The molecule has 1 radical (unpaired) electrons. The van der Waals surface area contributed by atoms with Crippen LogP contribution in [-0.2, 0) is 38.3 Å². The average Bonchev–Trinajstić information content (AvgIpc) is 3.60. The van der Waals surface area contributed by atoms with Gasteiger partial charge < -0.3 is 14.4 Å². The molecule has 8 rings (SSSR count). The number of hydrogen-bond donors (Lipinski definition) is 0. The zero-order chi connectivity index (χ0) is 43.9. The third-order valence-electron chi connectivity index (χ3n) is 10.1. The number of benzene rings is 4. The molecule has 0 spiro atoms. The normalized spacial score (nSPS) is 13.4. The first-order chi connectivity index (χ1) is 28.7. The Morgan fingerprint density at radius 1 is 0.737 bits per heavy atom. The molecule has 0 bridgehead atoms. The summed E-state index contributed by atoms with van der Waals surface area (Å²) in [5.41, 5.74) is 12.6. The van der Waals surface area contributed by atoms with E-state index in [9.17, 15) is 0 Å². The van der Waals surface area contributed by atoms with Gasteiger partial charge in [-0.05, 0) is 102 Å². The van der Waals surface area contributed by atoms with Gasteiger partial charge >= 0.3 is 0 Å². The van der Waals surface area contributed by atoms with Crippen LogP contribution in [-0.4, -0.2) is 15.0 Å². The third kappa shape index (κ3) is 9.67. The van der Waals surface area contributed by atoms with Crippen molar-refractivity contribution in [1.82, 2.24) is 15.0 Å². The zero-order valence-electron chi connectivity index (χ0n) is 38.8. The van der Waals surface area contributed by atoms with Gasteiger partial charge in [0.05, 0.1) is 5.58 Å². The van der Waals surface area contributed by atoms with E-state index in [0.717, 1.165) is 39.6 Å². The molecular formula is C52H51IrN3O-2. The van der Waals surface area contributed by atoms with Crippen LogP contribution in [0.1, 0.15) is 80.5 Å². The Morgan fingerprint density at radius 2 is 1.49 bits per heavy atom. The summed E-state index contributed by atoms with van der Waals surface area (Å²) in [6, 6.07) is 42.3. The van der Waals surface area contributed by atoms with E-state index in [1.54, 1.807) is 12.3 Å². The standard InChI is InChI=1S/C32H33N2O.C20H18N.Ir/c1-21-10-15-26-25-8-7-9-27(29(25)35-30(26)34-21)28-18-24(16-17-33-28)32(5,6)20-23-13-11-22(12-14-23)19-31(2,3)4;1-14-9-10-18(20-11-15(2)16(3)13-21-20)12-19(14)17-7-5-4-6-8-17;/h7-8,10-18H,19-20H2,1-6H3;4-9,11-13H,1-3H3;/q2*-1;/i1D3,19D2;;. The van der Waals surface area contributed by atoms with E-state index in [1.807, 2.05) is 81.6 Å². The summed E-state index contributed by atoms with van der Waals surface area (Å²) in [6.07, 6.45) is 3.04. The summed E-state index contributed by atoms with van der Waals surface area (Å²) >= 11 is 0. The molecule has 4 aromatic heterocycles. The Balaban J connectivity index is 0.000000245. The average molecular weight is 931 g/mol. The summed E-state index contributed by atoms with van der Waals surface area (Å²) < 4.78 is 46.3. The molecule has 5 heteroatoms. The van der Waals surface area contributed by atoms with Gasteiger partial charge in [0, 0.05) is 50.4 Å². The Bertz CT molecular complexity index is 2840. The number of furan rings is 1. The second kappa shape index (κ2) is 17.1. The van der Waals surface area contributed by atoms with Gasteiger partial charge in [-0.15, -0.1) is 47.5 Å². The van der Waals surface area contributed by atoms with Crippen molar-refractivity contribution in [3.05, 3.63) is 173 Å². The van der Waals surface area contributed by atoms with Crippen LogP contribution in [0.3, 0.4) is 0 Å². The molecule has 4 nitrogen and oxygen atoms in total. The van der Waals surface area contributed by atoms with Crippen molar-refractivity contribution in [3.8, 4) is 33.6 Å². The van der Waals surface area contributed by atoms with Crippen LogP contribution >= 0.6 is 0 Å². The largest absolute Gasteiger partial charge is 0.486 e. The first kappa shape index (κ1) is 35.0. The molecule has 0 amide bonds. The number of rotatable bonds is 7. The molecule has 57 heavy (non-hydrogen) atoms. The molecular weight excluding hydrogens is 875 g/mol. The molecule has 0 aliphatic rings. The first-order valence-corrected chi connectivity index (χ1v) is 19.0. The van der Waals surface area contributed by atoms with Crippen LogP contribution in [0, 0.1) is 45.2 Å². The van der Waals surface area contributed by atoms with Crippen molar-refractivity contribution in [1.29, 1.82) is 0 Å². The topological polar surface area (TPSA) is 51.8 Å². The number of pyridine rings is 3. The summed E-state index contributed by atoms with van der Waals surface area (Å²) in [7, 11) is 0. The third-order valence-corrected chi connectivity index (χ3v) is 10.1. The van der Waals surface area contributed by atoms with Crippen LogP contribution in [0.2, 0.25) is 0 Å². The smallest absolute Gasteiger partial charge is 0.216 e. The molecule has 0 N–H and O–H groups in total. The Morgan fingerprint density at radius 3 is 2.21 bits per heavy atom. The van der Waals surface area contributed by atoms with Crippen LogP contribution in [0.25, 0.3) is 55.7 Å². The van der Waals surface area contributed by atoms with Gasteiger partial charge in [0.1, 0.15) is 0 Å². The van der Waals surface area contributed by atoms with E-state index < -0.39 is 18.6 Å². The van der Waals surface area contributed by atoms with E-state index in [1.165, 1.54) is 33.9 Å². The van der Waals surface area contributed by atoms with Crippen molar-refractivity contribution in [2.24, 2.45) is 5.41 Å². The summed E-state index contributed by atoms with van der Waals surface area (Å²) in [6.45, 7) is 14.1. The number of nitrogens with zero attached hydrogens (tertiary/aromatic N) is 3. The monoisotopic (exact) mass is 931 g/mol. The Hall–Kier alpha value is -5.22. The maximum Gasteiger partial charge on any atom is 0.216 e. The molecule has 0 aliphatic heterocycles. The van der Waals surface area contributed by atoms with E-state index >= 15 is 0 Å². The molecule has 0 fully saturated rings. The van der Waals surface area contributed by atoms with Crippen LogP contribution in [0.5, 0.6) is 0 Å². The minimum absolute atomic E-state index is 0. The van der Waals surface area contributed by atoms with Gasteiger partial charge in [0.15, 0.2) is 0 Å². The van der Waals surface area contributed by atoms with Gasteiger partial charge in [-0.2, -0.15) is 0 Å². The maximum atomic E-state index is 8.56. The molecule has 4 heterocycles. The van der Waals surface area contributed by atoms with E-state index in [0.29, 0.717) is 22.4 Å².